The summed E-state index contributed by atoms with van der Waals surface area (Å²) in [5.74, 6) is 1.93. The van der Waals surface area contributed by atoms with Crippen molar-refractivity contribution < 1.29 is 0 Å². The Morgan fingerprint density at radius 3 is 0.652 bits per heavy atom. The molecule has 66 heavy (non-hydrogen) atoms. The van der Waals surface area contributed by atoms with Crippen LogP contribution >= 0.6 is 0 Å². The molecule has 0 bridgehead atoms. The van der Waals surface area contributed by atoms with Crippen molar-refractivity contribution in [2.75, 3.05) is 0 Å². The first-order chi connectivity index (χ1) is 32.7. The average molecular weight is 842 g/mol. The first-order valence-electron chi connectivity index (χ1n) is 22.3. The van der Waals surface area contributed by atoms with E-state index in [0.29, 0.717) is 17.5 Å². The van der Waals surface area contributed by atoms with Gasteiger partial charge in [0.15, 0.2) is 17.5 Å². The first kappa shape index (κ1) is 40.0. The highest BCUT2D eigenvalue weighted by Crippen LogP contribution is 2.38. The average Bonchev–Trinajstić information content (AvgIpc) is 3.42. The molecule has 1 heterocycles. The minimum atomic E-state index is 0.638. The lowest BCUT2D eigenvalue weighted by Gasteiger charge is -2.14. The van der Waals surface area contributed by atoms with Gasteiger partial charge in [0.1, 0.15) is 0 Å². The molecule has 0 N–H and O–H groups in total. The monoisotopic (exact) mass is 841 g/mol. The van der Waals surface area contributed by atoms with Crippen molar-refractivity contribution in [2.24, 2.45) is 0 Å². The highest BCUT2D eigenvalue weighted by Gasteiger charge is 2.15. The van der Waals surface area contributed by atoms with Crippen LogP contribution in [0.5, 0.6) is 0 Å². The molecule has 0 aliphatic heterocycles. The first-order valence-corrected chi connectivity index (χ1v) is 22.3. The quantitative estimate of drug-likeness (QED) is 0.138. The molecule has 11 rings (SSSR count). The molecule has 0 saturated heterocycles. The molecule has 0 atom stereocenters. The van der Waals surface area contributed by atoms with Gasteiger partial charge in [-0.2, -0.15) is 0 Å². The van der Waals surface area contributed by atoms with Gasteiger partial charge in [0.2, 0.25) is 0 Å². The van der Waals surface area contributed by atoms with Gasteiger partial charge >= 0.3 is 0 Å². The van der Waals surface area contributed by atoms with Gasteiger partial charge in [0, 0.05) is 16.7 Å². The smallest absolute Gasteiger partial charge is 0.164 e. The third kappa shape index (κ3) is 8.49. The van der Waals surface area contributed by atoms with Gasteiger partial charge in [-0.1, -0.05) is 243 Å². The van der Waals surface area contributed by atoms with E-state index in [-0.39, 0.29) is 0 Å². The fourth-order valence-electron chi connectivity index (χ4n) is 8.66. The van der Waals surface area contributed by atoms with Crippen molar-refractivity contribution in [3.63, 3.8) is 0 Å². The van der Waals surface area contributed by atoms with E-state index in [1.165, 1.54) is 55.6 Å². The van der Waals surface area contributed by atoms with Gasteiger partial charge < -0.3 is 0 Å². The summed E-state index contributed by atoms with van der Waals surface area (Å²) in [5, 5.41) is 0. The zero-order valence-electron chi connectivity index (χ0n) is 36.2. The molecule has 10 aromatic carbocycles. The van der Waals surface area contributed by atoms with Crippen molar-refractivity contribution >= 4 is 0 Å². The van der Waals surface area contributed by atoms with Gasteiger partial charge in [0.25, 0.3) is 0 Å². The zero-order chi connectivity index (χ0) is 44.1. The number of nitrogens with zero attached hydrogens (tertiary/aromatic N) is 3. The third-order valence-corrected chi connectivity index (χ3v) is 12.2. The molecule has 0 spiro atoms. The Hall–Kier alpha value is -8.79. The topological polar surface area (TPSA) is 38.7 Å². The number of hydrogen-bond acceptors (Lipinski definition) is 3. The Morgan fingerprint density at radius 2 is 0.348 bits per heavy atom. The van der Waals surface area contributed by atoms with Gasteiger partial charge in [-0.15, -0.1) is 0 Å². The fraction of sp³-hybridized carbons (Fsp3) is 0. The zero-order valence-corrected chi connectivity index (χ0v) is 36.2. The van der Waals surface area contributed by atoms with Crippen molar-refractivity contribution in [1.29, 1.82) is 0 Å². The minimum Gasteiger partial charge on any atom is -0.208 e. The van der Waals surface area contributed by atoms with Gasteiger partial charge in [-0.25, -0.2) is 15.0 Å². The van der Waals surface area contributed by atoms with Crippen molar-refractivity contribution in [3.05, 3.63) is 261 Å². The molecular weight excluding hydrogens is 799 g/mol. The molecule has 0 radical (unpaired) electrons. The lowest BCUT2D eigenvalue weighted by atomic mass is 9.90. The Balaban J connectivity index is 0.916. The largest absolute Gasteiger partial charge is 0.208 e. The summed E-state index contributed by atoms with van der Waals surface area (Å²) >= 11 is 0. The predicted molar refractivity (Wildman–Crippen MR) is 274 cm³/mol. The maximum atomic E-state index is 4.95. The molecule has 3 nitrogen and oxygen atoms in total. The van der Waals surface area contributed by atoms with E-state index in [4.69, 9.17) is 15.0 Å². The van der Waals surface area contributed by atoms with E-state index in [1.54, 1.807) is 0 Å². The van der Waals surface area contributed by atoms with Gasteiger partial charge in [-0.3, -0.25) is 0 Å². The summed E-state index contributed by atoms with van der Waals surface area (Å²) < 4.78 is 0. The number of hydrogen-bond donors (Lipinski definition) is 0. The van der Waals surface area contributed by atoms with Crippen LogP contribution in [-0.4, -0.2) is 15.0 Å². The number of aromatic nitrogens is 3. The highest BCUT2D eigenvalue weighted by atomic mass is 15.0. The molecule has 3 heteroatoms. The highest BCUT2D eigenvalue weighted by molar-refractivity contribution is 5.87. The van der Waals surface area contributed by atoms with Crippen LogP contribution < -0.4 is 0 Å². The fourth-order valence-corrected chi connectivity index (χ4v) is 8.66. The molecule has 310 valence electrons. The Labute approximate surface area is 386 Å². The lowest BCUT2D eigenvalue weighted by molar-refractivity contribution is 1.07. The van der Waals surface area contributed by atoms with Crippen LogP contribution in [0, 0.1) is 0 Å². The summed E-state index contributed by atoms with van der Waals surface area (Å²) in [6, 6.07) is 92.3. The minimum absolute atomic E-state index is 0.638. The van der Waals surface area contributed by atoms with E-state index in [9.17, 15) is 0 Å². The Bertz CT molecular complexity index is 3230. The van der Waals surface area contributed by atoms with Gasteiger partial charge in [-0.05, 0) is 96.1 Å². The molecule has 1 aromatic heterocycles. The van der Waals surface area contributed by atoms with Crippen molar-refractivity contribution in [2.45, 2.75) is 0 Å². The second-order valence-corrected chi connectivity index (χ2v) is 16.4. The van der Waals surface area contributed by atoms with Crippen LogP contribution in [0.1, 0.15) is 0 Å². The predicted octanol–water partition coefficient (Wildman–Crippen LogP) is 16.5. The summed E-state index contributed by atoms with van der Waals surface area (Å²) in [6.45, 7) is 0. The number of rotatable bonds is 10. The molecule has 0 aliphatic rings. The van der Waals surface area contributed by atoms with E-state index in [2.05, 4.69) is 200 Å². The van der Waals surface area contributed by atoms with Crippen LogP contribution in [0.25, 0.3) is 112 Å². The van der Waals surface area contributed by atoms with Crippen LogP contribution in [0.15, 0.2) is 261 Å². The summed E-state index contributed by atoms with van der Waals surface area (Å²) in [7, 11) is 0. The number of benzene rings is 10. The van der Waals surface area contributed by atoms with E-state index >= 15 is 0 Å². The normalized spacial score (nSPS) is 11.0. The van der Waals surface area contributed by atoms with Crippen LogP contribution in [-0.2, 0) is 0 Å². The Kier molecular flexibility index (Phi) is 11.0. The summed E-state index contributed by atoms with van der Waals surface area (Å²) in [6.07, 6.45) is 0. The molecule has 0 fully saturated rings. The summed E-state index contributed by atoms with van der Waals surface area (Å²) in [4.78, 5) is 14.8. The molecule has 0 amide bonds. The molecule has 0 unspecified atom stereocenters. The second kappa shape index (κ2) is 18.1. The standard InChI is InChI=1S/C63H43N3/c1-5-15-44(16-6-1)46-25-29-48(30-26-46)56-41-57(49-31-27-47(28-32-49)45-17-7-2-8-18-45)43-58(42-56)50-33-35-51(36-34-50)59-23-13-14-24-60(59)52-37-39-55(40-38-52)63-65-61(53-19-9-3-10-20-53)64-62(66-63)54-21-11-4-12-22-54/h1-43H. The van der Waals surface area contributed by atoms with E-state index in [1.807, 2.05) is 60.7 Å². The van der Waals surface area contributed by atoms with E-state index in [0.717, 1.165) is 38.9 Å². The lowest BCUT2D eigenvalue weighted by Crippen LogP contribution is -2.00. The molecule has 0 saturated carbocycles. The molecule has 0 aliphatic carbocycles. The van der Waals surface area contributed by atoms with Crippen LogP contribution in [0.3, 0.4) is 0 Å². The van der Waals surface area contributed by atoms with Crippen LogP contribution in [0.2, 0.25) is 0 Å². The molecular formula is C63H43N3. The van der Waals surface area contributed by atoms with Crippen molar-refractivity contribution in [3.8, 4) is 112 Å². The summed E-state index contributed by atoms with van der Waals surface area (Å²) in [5.41, 5.74) is 19.3. The second-order valence-electron chi connectivity index (χ2n) is 16.4. The van der Waals surface area contributed by atoms with E-state index < -0.39 is 0 Å². The maximum Gasteiger partial charge on any atom is 0.164 e. The van der Waals surface area contributed by atoms with Crippen molar-refractivity contribution in [1.82, 2.24) is 15.0 Å². The van der Waals surface area contributed by atoms with Gasteiger partial charge in [0.05, 0.1) is 0 Å². The third-order valence-electron chi connectivity index (χ3n) is 12.2. The Morgan fingerprint density at radius 1 is 0.152 bits per heavy atom. The van der Waals surface area contributed by atoms with Crippen LogP contribution in [0.4, 0.5) is 0 Å². The maximum absolute atomic E-state index is 4.95. The SMILES string of the molecule is c1ccc(-c2ccc(-c3cc(-c4ccc(-c5ccccc5)cc4)cc(-c4ccc(-c5ccccc5-c5ccc(-c6nc(-c7ccccc7)nc(-c7ccccc7)n6)cc5)cc4)c3)cc2)cc1. The molecule has 11 aromatic rings.